The first-order chi connectivity index (χ1) is 32.1. The Morgan fingerprint density at radius 2 is 1.11 bits per heavy atom. The minimum absolute atomic E-state index is 0.0109. The number of hydrogen-bond donors (Lipinski definition) is 4. The molecule has 14 nitrogen and oxygen atoms in total. The van der Waals surface area contributed by atoms with Gasteiger partial charge in [-0.05, 0) is 91.7 Å². The van der Waals surface area contributed by atoms with E-state index in [1.54, 1.807) is 18.5 Å². The lowest BCUT2D eigenvalue weighted by atomic mass is 10.1. The predicted octanol–water partition coefficient (Wildman–Crippen LogP) is 9.57. The maximum atomic E-state index is 13.1. The fourth-order valence-electron chi connectivity index (χ4n) is 9.91. The number of halogens is 3. The summed E-state index contributed by atoms with van der Waals surface area (Å²) in [6, 6.07) is 26.8. The summed E-state index contributed by atoms with van der Waals surface area (Å²) in [5.41, 5.74) is 6.08. The smallest absolute Gasteiger partial charge is 0.416 e. The maximum Gasteiger partial charge on any atom is 0.416 e. The van der Waals surface area contributed by atoms with Gasteiger partial charge in [0.25, 0.3) is 0 Å². The normalized spacial score (nSPS) is 22.5. The lowest BCUT2D eigenvalue weighted by Crippen LogP contribution is -2.20. The number of carbonyl (C=O) groups excluding carboxylic acids is 2. The summed E-state index contributed by atoms with van der Waals surface area (Å²) >= 11 is 0. The molecule has 14 rings (SSSR count). The van der Waals surface area contributed by atoms with Crippen LogP contribution in [0.1, 0.15) is 76.0 Å². The van der Waals surface area contributed by atoms with Crippen molar-refractivity contribution in [1.29, 1.82) is 0 Å². The molecule has 17 heteroatoms. The number of imidazole rings is 2. The van der Waals surface area contributed by atoms with Gasteiger partial charge >= 0.3 is 6.18 Å². The number of aromatic nitrogens is 6. The van der Waals surface area contributed by atoms with Crippen LogP contribution in [-0.2, 0) is 28.6 Å². The zero-order valence-corrected chi connectivity index (χ0v) is 34.5. The third-order valence-corrected chi connectivity index (χ3v) is 13.2. The standard InChI is InChI=1S/C25H17F3N4O3.C24H18N4O3/c26-25(27,28)11-1-4-15-16(9-11)31-24(30-15)21-20-14-10-12(2-5-17(14)35-22(20)21)34-18-7-8-29-23-13(18)3-6-19(33)32-23;29-19-8-6-13-18(9-10-25-23(13)28-19)30-12-5-7-17-14(11-12)20-21(22(20)31-17)24-26-15-3-1-2-4-16(15)27-24/h1-2,4-5,7-10,20-22H,3,6H2,(H,30,31)(H,29,32,33);1-5,7,9-11,20-22H,6,8H2,(H,26,27)(H,25,28,29). The summed E-state index contributed by atoms with van der Waals surface area (Å²) in [4.78, 5) is 47.6. The summed E-state index contributed by atoms with van der Waals surface area (Å²) in [7, 11) is 0. The van der Waals surface area contributed by atoms with Gasteiger partial charge in [-0.25, -0.2) is 19.9 Å². The monoisotopic (exact) mass is 888 g/mol. The van der Waals surface area contributed by atoms with Crippen LogP contribution in [0.3, 0.4) is 0 Å². The van der Waals surface area contributed by atoms with Gasteiger partial charge in [0.15, 0.2) is 0 Å². The molecule has 8 heterocycles. The summed E-state index contributed by atoms with van der Waals surface area (Å²) in [5, 5.41) is 5.58. The highest BCUT2D eigenvalue weighted by Gasteiger charge is 2.62. The predicted molar refractivity (Wildman–Crippen MR) is 232 cm³/mol. The van der Waals surface area contributed by atoms with Crippen molar-refractivity contribution >= 4 is 45.5 Å². The molecule has 6 aliphatic rings. The molecule has 328 valence electrons. The van der Waals surface area contributed by atoms with E-state index >= 15 is 0 Å². The molecule has 6 atom stereocenters. The molecule has 0 spiro atoms. The number of alkyl halides is 3. The van der Waals surface area contributed by atoms with Gasteiger partial charge < -0.3 is 39.5 Å². The van der Waals surface area contributed by atoms with Crippen LogP contribution in [-0.4, -0.2) is 53.9 Å². The molecule has 2 saturated carbocycles. The average Bonchev–Trinajstić information content (AvgIpc) is 3.81. The third kappa shape index (κ3) is 6.47. The second-order valence-corrected chi connectivity index (χ2v) is 17.2. The molecule has 0 bridgehead atoms. The highest BCUT2D eigenvalue weighted by molar-refractivity contribution is 5.94. The van der Waals surface area contributed by atoms with Gasteiger partial charge in [0, 0.05) is 59.3 Å². The van der Waals surface area contributed by atoms with Crippen LogP contribution in [0.4, 0.5) is 24.8 Å². The van der Waals surface area contributed by atoms with Crippen molar-refractivity contribution in [3.8, 4) is 34.5 Å². The summed E-state index contributed by atoms with van der Waals surface area (Å²) in [6.07, 6.45) is 0.829. The molecule has 2 fully saturated rings. The zero-order valence-electron chi connectivity index (χ0n) is 34.5. The Hall–Kier alpha value is -7.95. The molecule has 4 aromatic carbocycles. The number of hydrogen-bond acceptors (Lipinski definition) is 10. The first-order valence-corrected chi connectivity index (χ1v) is 21.6. The SMILES string of the molecule is O=C1CCc2c(Oc3ccc4c(c3)C3C(O4)C3c3nc4ccc(C(F)(F)F)cc4[nH]3)ccnc2N1.O=C1CCc2c(Oc3ccc4c(c3)C3C(O4)C3c3nc4ccccc4[nH]3)ccnc2N1. The summed E-state index contributed by atoms with van der Waals surface area (Å²) in [5.74, 6) is 7.54. The lowest BCUT2D eigenvalue weighted by Gasteiger charge is -2.19. The zero-order chi connectivity index (χ0) is 44.4. The summed E-state index contributed by atoms with van der Waals surface area (Å²) < 4.78 is 63.8. The van der Waals surface area contributed by atoms with Crippen molar-refractivity contribution in [2.45, 2.75) is 67.7 Å². The van der Waals surface area contributed by atoms with Crippen molar-refractivity contribution in [3.63, 3.8) is 0 Å². The van der Waals surface area contributed by atoms with Crippen LogP contribution in [0, 0.1) is 0 Å². The second kappa shape index (κ2) is 14.3. The molecule has 2 amide bonds. The van der Waals surface area contributed by atoms with E-state index in [-0.39, 0.29) is 47.7 Å². The van der Waals surface area contributed by atoms with Crippen LogP contribution in [0.2, 0.25) is 0 Å². The van der Waals surface area contributed by atoms with E-state index < -0.39 is 11.7 Å². The van der Waals surface area contributed by atoms with Crippen molar-refractivity contribution < 1.29 is 41.7 Å². The first kappa shape index (κ1) is 38.5. The summed E-state index contributed by atoms with van der Waals surface area (Å²) in [6.45, 7) is 0. The number of nitrogens with zero attached hydrogens (tertiary/aromatic N) is 4. The van der Waals surface area contributed by atoms with E-state index in [4.69, 9.17) is 23.9 Å². The molecule has 4 N–H and O–H groups in total. The second-order valence-electron chi connectivity index (χ2n) is 17.2. The van der Waals surface area contributed by atoms with Gasteiger partial charge in [-0.3, -0.25) is 9.59 Å². The molecular weight excluding hydrogens is 854 g/mol. The third-order valence-electron chi connectivity index (χ3n) is 13.2. The number of H-pyrrole nitrogens is 2. The highest BCUT2D eigenvalue weighted by atomic mass is 19.4. The molecule has 4 aliphatic heterocycles. The van der Waals surface area contributed by atoms with Crippen molar-refractivity contribution in [3.05, 3.63) is 143 Å². The van der Waals surface area contributed by atoms with E-state index in [0.29, 0.717) is 65.7 Å². The van der Waals surface area contributed by atoms with E-state index in [2.05, 4.69) is 41.6 Å². The van der Waals surface area contributed by atoms with Gasteiger partial charge in [-0.2, -0.15) is 13.2 Å². The first-order valence-electron chi connectivity index (χ1n) is 21.6. The number of fused-ring (bicyclic) bond motifs is 10. The minimum atomic E-state index is -4.41. The van der Waals surface area contributed by atoms with Crippen LogP contribution in [0.25, 0.3) is 22.1 Å². The maximum absolute atomic E-state index is 13.1. The molecule has 0 saturated heterocycles. The largest absolute Gasteiger partial charge is 0.489 e. The van der Waals surface area contributed by atoms with Gasteiger partial charge in [0.05, 0.1) is 39.5 Å². The molecule has 8 aromatic rings. The fraction of sp³-hybridized carbons (Fsp3) is 0.224. The van der Waals surface area contributed by atoms with Crippen molar-refractivity contribution in [2.75, 3.05) is 10.6 Å². The Labute approximate surface area is 371 Å². The van der Waals surface area contributed by atoms with Crippen LogP contribution < -0.4 is 29.6 Å². The number of anilines is 2. The van der Waals surface area contributed by atoms with E-state index in [0.717, 1.165) is 74.2 Å². The number of benzene rings is 4. The fourth-order valence-corrected chi connectivity index (χ4v) is 9.91. The van der Waals surface area contributed by atoms with Crippen LogP contribution in [0.5, 0.6) is 34.5 Å². The lowest BCUT2D eigenvalue weighted by molar-refractivity contribution is -0.137. The van der Waals surface area contributed by atoms with Crippen molar-refractivity contribution in [1.82, 2.24) is 29.9 Å². The van der Waals surface area contributed by atoms with E-state index in [1.807, 2.05) is 60.7 Å². The molecule has 2 aliphatic carbocycles. The number of para-hydroxylation sites is 2. The Balaban J connectivity index is 0.000000133. The number of ether oxygens (including phenoxy) is 4. The Morgan fingerprint density at radius 3 is 1.65 bits per heavy atom. The Morgan fingerprint density at radius 1 is 0.576 bits per heavy atom. The number of aromatic amines is 2. The number of pyridine rings is 2. The highest BCUT2D eigenvalue weighted by Crippen LogP contribution is 2.64. The number of carbonyl (C=O) groups is 2. The van der Waals surface area contributed by atoms with E-state index in [1.165, 1.54) is 6.07 Å². The van der Waals surface area contributed by atoms with Crippen LogP contribution >= 0.6 is 0 Å². The van der Waals surface area contributed by atoms with Crippen molar-refractivity contribution in [2.24, 2.45) is 0 Å². The van der Waals surface area contributed by atoms with E-state index in [9.17, 15) is 22.8 Å². The molecular formula is C49H35F3N8O6. The molecule has 4 aromatic heterocycles. The number of amides is 2. The quantitative estimate of drug-likeness (QED) is 0.126. The topological polar surface area (TPSA) is 178 Å². The van der Waals surface area contributed by atoms with Gasteiger partial charge in [0.1, 0.15) is 70.0 Å². The van der Waals surface area contributed by atoms with Gasteiger partial charge in [-0.15, -0.1) is 0 Å². The van der Waals surface area contributed by atoms with Gasteiger partial charge in [-0.1, -0.05) is 12.1 Å². The number of rotatable bonds is 6. The average molecular weight is 889 g/mol. The molecule has 0 radical (unpaired) electrons. The molecule has 66 heavy (non-hydrogen) atoms. The van der Waals surface area contributed by atoms with Crippen LogP contribution in [0.15, 0.2) is 103 Å². The molecule has 6 unspecified atom stereocenters. The Kier molecular flexibility index (Phi) is 8.33. The minimum Gasteiger partial charge on any atom is -0.489 e. The Bertz CT molecular complexity index is 3320. The number of nitrogens with one attached hydrogen (secondary N) is 4. The van der Waals surface area contributed by atoms with Gasteiger partial charge in [0.2, 0.25) is 11.8 Å².